The van der Waals surface area contributed by atoms with Gasteiger partial charge in [-0.3, -0.25) is 9.88 Å². The van der Waals surface area contributed by atoms with Crippen molar-refractivity contribution < 1.29 is 37.7 Å². The maximum Gasteiger partial charge on any atom is 0.490 e. The van der Waals surface area contributed by atoms with Crippen LogP contribution in [0.1, 0.15) is 36.9 Å². The average molecular weight is 676 g/mol. The number of aliphatic carboxylic acids is 1. The summed E-state index contributed by atoms with van der Waals surface area (Å²) in [5.41, 5.74) is 3.58. The van der Waals surface area contributed by atoms with Gasteiger partial charge in [0.05, 0.1) is 12.8 Å². The second-order valence-electron chi connectivity index (χ2n) is 11.8. The Balaban J connectivity index is 0.000000804. The Labute approximate surface area is 281 Å². The van der Waals surface area contributed by atoms with Gasteiger partial charge in [-0.15, -0.1) is 0 Å². The van der Waals surface area contributed by atoms with E-state index in [0.29, 0.717) is 19.7 Å². The summed E-state index contributed by atoms with van der Waals surface area (Å²) in [6.07, 6.45) is -0.0543. The number of nitrogens with zero attached hydrogens (tertiary/aromatic N) is 4. The highest BCUT2D eigenvalue weighted by Gasteiger charge is 2.38. The molecule has 0 saturated carbocycles. The molecule has 0 amide bonds. The summed E-state index contributed by atoms with van der Waals surface area (Å²) in [4.78, 5) is 20.0. The van der Waals surface area contributed by atoms with Crippen LogP contribution in [0.15, 0.2) is 73.1 Å². The molecular weight excluding hydrogens is 627 g/mol. The summed E-state index contributed by atoms with van der Waals surface area (Å²) in [5.74, 6) is -1.14. The van der Waals surface area contributed by atoms with Crippen LogP contribution in [-0.4, -0.2) is 110 Å². The molecule has 0 bridgehead atoms. The summed E-state index contributed by atoms with van der Waals surface area (Å²) < 4.78 is 43.7. The number of aliphatic hydroxyl groups excluding tert-OH is 1. The van der Waals surface area contributed by atoms with Crippen LogP contribution in [0, 0.1) is 0 Å². The SMILES string of the molecule is CCC(NCc1ccncc1OCCCN(C)C)c1ccc(OCC(O)CN2CCN(c3ccccc3)CC2)cc1.O=C(O)C(F)(F)F. The lowest BCUT2D eigenvalue weighted by molar-refractivity contribution is -0.192. The normalized spacial score (nSPS) is 15.0. The number of aliphatic hydroxyl groups is 1. The smallest absolute Gasteiger partial charge is 0.490 e. The number of piperazine rings is 1. The number of β-amino-alcohol motifs (C(OH)–C–C–N with tert-alkyl or cyclic N) is 1. The lowest BCUT2D eigenvalue weighted by Crippen LogP contribution is -2.49. The first-order valence-electron chi connectivity index (χ1n) is 16.1. The number of carboxylic acids is 1. The predicted molar refractivity (Wildman–Crippen MR) is 180 cm³/mol. The van der Waals surface area contributed by atoms with Gasteiger partial charge in [-0.1, -0.05) is 37.3 Å². The molecule has 2 heterocycles. The first kappa shape index (κ1) is 38.5. The van der Waals surface area contributed by atoms with Crippen molar-refractivity contribution in [2.24, 2.45) is 0 Å². The van der Waals surface area contributed by atoms with Crippen molar-refractivity contribution in [3.05, 3.63) is 84.2 Å². The number of para-hydroxylation sites is 1. The van der Waals surface area contributed by atoms with E-state index in [-0.39, 0.29) is 12.6 Å². The predicted octanol–water partition coefficient (Wildman–Crippen LogP) is 4.85. The molecule has 264 valence electrons. The third-order valence-corrected chi connectivity index (χ3v) is 7.75. The molecule has 2 aromatic carbocycles. The molecule has 1 saturated heterocycles. The number of carboxylic acid groups (broad SMARTS) is 1. The number of anilines is 1. The zero-order chi connectivity index (χ0) is 34.9. The van der Waals surface area contributed by atoms with Gasteiger partial charge in [0.15, 0.2) is 0 Å². The molecule has 10 nitrogen and oxygen atoms in total. The van der Waals surface area contributed by atoms with E-state index in [2.05, 4.69) is 82.4 Å². The highest BCUT2D eigenvalue weighted by atomic mass is 19.4. The van der Waals surface area contributed by atoms with Crippen molar-refractivity contribution in [3.8, 4) is 11.5 Å². The number of aromatic nitrogens is 1. The number of hydrogen-bond acceptors (Lipinski definition) is 9. The topological polar surface area (TPSA) is 111 Å². The minimum atomic E-state index is -5.08. The number of ether oxygens (including phenoxy) is 2. The van der Waals surface area contributed by atoms with Crippen LogP contribution >= 0.6 is 0 Å². The summed E-state index contributed by atoms with van der Waals surface area (Å²) in [7, 11) is 4.14. The first-order valence-corrected chi connectivity index (χ1v) is 16.1. The number of hydrogen-bond donors (Lipinski definition) is 3. The standard InChI is InChI=1S/C33H47N5O3.C2HF3O2/c1-4-32(35-23-28-15-16-34-24-33(28)40-22-8-17-36(2)3)27-11-13-31(14-12-27)41-26-30(39)25-37-18-20-38(21-19-37)29-9-6-5-7-10-29;3-2(4,5)1(6)7/h5-7,9-16,24,30,32,35,39H,4,8,17-23,25-26H2,1-3H3;(H,6,7). The third-order valence-electron chi connectivity index (χ3n) is 7.75. The maximum absolute atomic E-state index is 10.6. The Morgan fingerprint density at radius 1 is 1.02 bits per heavy atom. The van der Waals surface area contributed by atoms with Crippen LogP contribution < -0.4 is 19.7 Å². The lowest BCUT2D eigenvalue weighted by atomic mass is 10.0. The van der Waals surface area contributed by atoms with Gasteiger partial charge >= 0.3 is 12.1 Å². The Morgan fingerprint density at radius 3 is 2.29 bits per heavy atom. The molecule has 2 unspecified atom stereocenters. The monoisotopic (exact) mass is 675 g/mol. The van der Waals surface area contributed by atoms with Gasteiger partial charge < -0.3 is 34.8 Å². The zero-order valence-electron chi connectivity index (χ0n) is 27.9. The number of nitrogens with one attached hydrogen (secondary N) is 1. The van der Waals surface area contributed by atoms with E-state index in [1.54, 1.807) is 6.20 Å². The Bertz CT molecular complexity index is 1340. The van der Waals surface area contributed by atoms with Gasteiger partial charge in [-0.25, -0.2) is 4.79 Å². The summed E-state index contributed by atoms with van der Waals surface area (Å²) >= 11 is 0. The van der Waals surface area contributed by atoms with Crippen LogP contribution in [0.3, 0.4) is 0 Å². The molecule has 0 radical (unpaired) electrons. The van der Waals surface area contributed by atoms with E-state index in [1.807, 2.05) is 30.5 Å². The van der Waals surface area contributed by atoms with Gasteiger partial charge in [-0.05, 0) is 62.8 Å². The molecule has 13 heteroatoms. The van der Waals surface area contributed by atoms with Crippen molar-refractivity contribution >= 4 is 11.7 Å². The van der Waals surface area contributed by atoms with E-state index < -0.39 is 18.2 Å². The van der Waals surface area contributed by atoms with Crippen molar-refractivity contribution in [1.82, 2.24) is 20.1 Å². The maximum atomic E-state index is 10.6. The molecule has 4 rings (SSSR count). The fourth-order valence-electron chi connectivity index (χ4n) is 5.15. The highest BCUT2D eigenvalue weighted by molar-refractivity contribution is 5.73. The molecule has 1 aliphatic heterocycles. The van der Waals surface area contributed by atoms with E-state index in [9.17, 15) is 18.3 Å². The molecule has 1 aliphatic rings. The van der Waals surface area contributed by atoms with Crippen LogP contribution in [0.2, 0.25) is 0 Å². The summed E-state index contributed by atoms with van der Waals surface area (Å²) in [5, 5.41) is 21.4. The number of rotatable bonds is 16. The van der Waals surface area contributed by atoms with E-state index >= 15 is 0 Å². The molecule has 2 atom stereocenters. The highest BCUT2D eigenvalue weighted by Crippen LogP contribution is 2.23. The van der Waals surface area contributed by atoms with Crippen LogP contribution in [0.5, 0.6) is 11.5 Å². The zero-order valence-corrected chi connectivity index (χ0v) is 27.9. The van der Waals surface area contributed by atoms with Gasteiger partial charge in [-0.2, -0.15) is 13.2 Å². The Kier molecular flexibility index (Phi) is 15.9. The van der Waals surface area contributed by atoms with Crippen LogP contribution in [0.4, 0.5) is 18.9 Å². The summed E-state index contributed by atoms with van der Waals surface area (Å²) in [6, 6.07) is 21.0. The van der Waals surface area contributed by atoms with Crippen LogP contribution in [0.25, 0.3) is 0 Å². The third kappa shape index (κ3) is 13.7. The van der Waals surface area contributed by atoms with Gasteiger partial charge in [0, 0.05) is 69.3 Å². The molecule has 48 heavy (non-hydrogen) atoms. The minimum Gasteiger partial charge on any atom is -0.492 e. The van der Waals surface area contributed by atoms with Gasteiger partial charge in [0.1, 0.15) is 24.2 Å². The number of benzene rings is 2. The molecule has 0 aliphatic carbocycles. The Morgan fingerprint density at radius 2 is 1.69 bits per heavy atom. The van der Waals surface area contributed by atoms with Crippen molar-refractivity contribution in [1.29, 1.82) is 0 Å². The quantitative estimate of drug-likeness (QED) is 0.182. The minimum absolute atomic E-state index is 0.207. The largest absolute Gasteiger partial charge is 0.492 e. The number of pyridine rings is 1. The molecule has 3 N–H and O–H groups in total. The lowest BCUT2D eigenvalue weighted by Gasteiger charge is -2.36. The van der Waals surface area contributed by atoms with Gasteiger partial charge in [0.25, 0.3) is 0 Å². The van der Waals surface area contributed by atoms with Gasteiger partial charge in [0.2, 0.25) is 0 Å². The number of alkyl halides is 3. The van der Waals surface area contributed by atoms with E-state index in [0.717, 1.165) is 62.6 Å². The molecular formula is C35H48F3N5O5. The van der Waals surface area contributed by atoms with Crippen molar-refractivity contribution in [3.63, 3.8) is 0 Å². The van der Waals surface area contributed by atoms with Crippen molar-refractivity contribution in [2.75, 3.05) is 71.5 Å². The molecule has 1 fully saturated rings. The Hall–Kier alpha value is -3.91. The molecule has 3 aromatic rings. The number of carbonyl (C=O) groups is 1. The fraction of sp³-hybridized carbons (Fsp3) is 0.486. The van der Waals surface area contributed by atoms with Crippen LogP contribution in [-0.2, 0) is 11.3 Å². The molecule has 0 spiro atoms. The molecule has 1 aromatic heterocycles. The number of halogens is 3. The average Bonchev–Trinajstić information content (AvgIpc) is 3.07. The second-order valence-corrected chi connectivity index (χ2v) is 11.8. The van der Waals surface area contributed by atoms with Crippen molar-refractivity contribution in [2.45, 2.75) is 44.6 Å². The van der Waals surface area contributed by atoms with E-state index in [1.165, 1.54) is 11.3 Å². The second kappa shape index (κ2) is 19.8. The fourth-order valence-corrected chi connectivity index (χ4v) is 5.15. The first-order chi connectivity index (χ1) is 23.0. The summed E-state index contributed by atoms with van der Waals surface area (Å²) in [6.45, 7) is 9.29. The van der Waals surface area contributed by atoms with E-state index in [4.69, 9.17) is 19.4 Å².